The van der Waals surface area contributed by atoms with Gasteiger partial charge < -0.3 is 5.32 Å². The lowest BCUT2D eigenvalue weighted by Gasteiger charge is -2.13. The molecule has 1 N–H and O–H groups in total. The Bertz CT molecular complexity index is 295. The van der Waals surface area contributed by atoms with E-state index in [0.29, 0.717) is 12.5 Å². The monoisotopic (exact) mass is 228 g/mol. The fourth-order valence-electron chi connectivity index (χ4n) is 1.34. The maximum absolute atomic E-state index is 11.6. The zero-order chi connectivity index (χ0) is 11.4. The Morgan fingerprint density at radius 3 is 2.73 bits per heavy atom. The van der Waals surface area contributed by atoms with Crippen molar-refractivity contribution in [1.82, 2.24) is 5.32 Å². The topological polar surface area (TPSA) is 41.5 Å². The normalized spacial score (nSPS) is 18.5. The summed E-state index contributed by atoms with van der Waals surface area (Å²) in [6, 6.07) is 0.209. The maximum atomic E-state index is 11.6. The zero-order valence-electron chi connectivity index (χ0n) is 9.22. The molecule has 0 aromatic rings. The summed E-state index contributed by atoms with van der Waals surface area (Å²) < 4.78 is 0. The van der Waals surface area contributed by atoms with Crippen molar-refractivity contribution < 1.29 is 4.79 Å². The first kappa shape index (κ1) is 12.2. The zero-order valence-corrected chi connectivity index (χ0v) is 9.97. The molecule has 3 nitrogen and oxygen atoms in total. The van der Waals surface area contributed by atoms with Gasteiger partial charge in [-0.05, 0) is 32.6 Å². The Balaban J connectivity index is 2.45. The molecule has 0 aliphatic heterocycles. The van der Waals surface area contributed by atoms with Crippen molar-refractivity contribution in [3.63, 3.8) is 0 Å². The van der Waals surface area contributed by atoms with Crippen LogP contribution in [-0.4, -0.2) is 23.7 Å². The molecule has 1 atom stereocenters. The third-order valence-electron chi connectivity index (χ3n) is 2.51. The van der Waals surface area contributed by atoms with Crippen LogP contribution in [0.5, 0.6) is 0 Å². The van der Waals surface area contributed by atoms with Gasteiger partial charge in [-0.25, -0.2) is 0 Å². The van der Waals surface area contributed by atoms with Crippen molar-refractivity contribution in [3.05, 3.63) is 12.2 Å². The lowest BCUT2D eigenvalue weighted by Crippen LogP contribution is -2.35. The molecular weight excluding hydrogens is 212 g/mol. The first-order valence-corrected chi connectivity index (χ1v) is 5.64. The van der Waals surface area contributed by atoms with Crippen molar-refractivity contribution in [2.45, 2.75) is 32.7 Å². The molecule has 0 heterocycles. The number of aliphatic imine (C=N–C) groups is 1. The predicted molar refractivity (Wildman–Crippen MR) is 63.3 cm³/mol. The fourth-order valence-corrected chi connectivity index (χ4v) is 1.54. The molecule has 1 rings (SSSR count). The number of nitrogens with one attached hydrogen (secondary N) is 1. The summed E-state index contributed by atoms with van der Waals surface area (Å²) in [5.74, 6) is 0.417. The summed E-state index contributed by atoms with van der Waals surface area (Å²) in [5, 5.41) is 3.08. The van der Waals surface area contributed by atoms with Gasteiger partial charge in [0, 0.05) is 12.6 Å². The lowest BCUT2D eigenvalue weighted by molar-refractivity contribution is -0.117. The van der Waals surface area contributed by atoms with Crippen LogP contribution in [0.25, 0.3) is 0 Å². The third kappa shape index (κ3) is 3.67. The third-order valence-corrected chi connectivity index (χ3v) is 2.86. The van der Waals surface area contributed by atoms with Crippen LogP contribution >= 0.6 is 11.6 Å². The Morgan fingerprint density at radius 1 is 1.67 bits per heavy atom. The molecule has 0 spiro atoms. The van der Waals surface area contributed by atoms with Crippen LogP contribution in [0.15, 0.2) is 17.1 Å². The van der Waals surface area contributed by atoms with Crippen molar-refractivity contribution in [1.29, 1.82) is 0 Å². The number of nitrogens with zero attached hydrogens (tertiary/aromatic N) is 1. The highest BCUT2D eigenvalue weighted by Crippen LogP contribution is 2.32. The van der Waals surface area contributed by atoms with E-state index in [1.165, 1.54) is 12.8 Å². The van der Waals surface area contributed by atoms with E-state index in [1.54, 1.807) is 0 Å². The number of hydrogen-bond acceptors (Lipinski definition) is 2. The fraction of sp³-hybridized carbons (Fsp3) is 0.636. The van der Waals surface area contributed by atoms with Gasteiger partial charge in [0.2, 0.25) is 0 Å². The highest BCUT2D eigenvalue weighted by atomic mass is 35.5. The van der Waals surface area contributed by atoms with Gasteiger partial charge >= 0.3 is 0 Å². The largest absolute Gasteiger partial charge is 0.349 e. The molecule has 1 aliphatic carbocycles. The first-order valence-electron chi connectivity index (χ1n) is 5.26. The van der Waals surface area contributed by atoms with Crippen LogP contribution in [0.3, 0.4) is 0 Å². The van der Waals surface area contributed by atoms with E-state index in [9.17, 15) is 4.79 Å². The van der Waals surface area contributed by atoms with E-state index in [0.717, 1.165) is 0 Å². The summed E-state index contributed by atoms with van der Waals surface area (Å²) in [4.78, 5) is 15.6. The molecule has 0 unspecified atom stereocenters. The molecule has 1 aliphatic rings. The van der Waals surface area contributed by atoms with Gasteiger partial charge in [0.1, 0.15) is 5.17 Å². The second-order valence-corrected chi connectivity index (χ2v) is 4.20. The Morgan fingerprint density at radius 2 is 2.27 bits per heavy atom. The Labute approximate surface area is 95.6 Å². The number of carbonyl (C=O) groups is 1. The summed E-state index contributed by atoms with van der Waals surface area (Å²) >= 11 is 5.79. The molecule has 0 radical (unpaired) electrons. The molecular formula is C11H17ClN2O. The molecule has 1 amide bonds. The van der Waals surface area contributed by atoms with Gasteiger partial charge in [-0.3, -0.25) is 9.79 Å². The van der Waals surface area contributed by atoms with Crippen molar-refractivity contribution in [3.8, 4) is 0 Å². The summed E-state index contributed by atoms with van der Waals surface area (Å²) in [6.45, 7) is 8.06. The van der Waals surface area contributed by atoms with Gasteiger partial charge in [-0.1, -0.05) is 18.2 Å². The number of amides is 1. The summed E-state index contributed by atoms with van der Waals surface area (Å²) in [6.07, 6.45) is 2.40. The molecule has 0 aromatic carbocycles. The predicted octanol–water partition coefficient (Wildman–Crippen LogP) is 2.11. The van der Waals surface area contributed by atoms with Crippen LogP contribution < -0.4 is 5.32 Å². The highest BCUT2D eigenvalue weighted by molar-refractivity contribution is 6.72. The standard InChI is InChI=1S/C11H17ClN2O/c1-4-13-10(12)7(2)11(15)14-8(3)9-5-6-9/h8-9H,2,4-6H2,1,3H3,(H,14,15)/t8-/m0/s1. The van der Waals surface area contributed by atoms with Crippen molar-refractivity contribution in [2.75, 3.05) is 6.54 Å². The van der Waals surface area contributed by atoms with Crippen molar-refractivity contribution in [2.24, 2.45) is 10.9 Å². The number of halogens is 1. The SMILES string of the molecule is C=C(C(=O)N[C@@H](C)C1CC1)C(Cl)=NCC. The van der Waals surface area contributed by atoms with E-state index in [-0.39, 0.29) is 22.7 Å². The van der Waals surface area contributed by atoms with E-state index in [1.807, 2.05) is 13.8 Å². The highest BCUT2D eigenvalue weighted by Gasteiger charge is 2.29. The molecule has 0 bridgehead atoms. The van der Waals surface area contributed by atoms with Crippen LogP contribution in [0, 0.1) is 5.92 Å². The second-order valence-electron chi connectivity index (χ2n) is 3.84. The van der Waals surface area contributed by atoms with Crippen molar-refractivity contribution >= 4 is 22.7 Å². The Kier molecular flexibility index (Phi) is 4.33. The number of carbonyl (C=O) groups excluding carboxylic acids is 1. The van der Waals surface area contributed by atoms with E-state index >= 15 is 0 Å². The number of rotatable bonds is 5. The average Bonchev–Trinajstić information content (AvgIpc) is 2.99. The molecule has 0 aromatic heterocycles. The minimum absolute atomic E-state index is 0.206. The average molecular weight is 229 g/mol. The van der Waals surface area contributed by atoms with Crippen LogP contribution in [0.4, 0.5) is 0 Å². The van der Waals surface area contributed by atoms with E-state index in [2.05, 4.69) is 16.9 Å². The molecule has 1 saturated carbocycles. The second kappa shape index (κ2) is 5.31. The maximum Gasteiger partial charge on any atom is 0.253 e. The molecule has 0 saturated heterocycles. The number of hydrogen-bond donors (Lipinski definition) is 1. The molecule has 1 fully saturated rings. The minimum atomic E-state index is -0.211. The van der Waals surface area contributed by atoms with Gasteiger partial charge in [0.25, 0.3) is 5.91 Å². The quantitative estimate of drug-likeness (QED) is 0.568. The molecule has 4 heteroatoms. The van der Waals surface area contributed by atoms with Crippen LogP contribution in [0.1, 0.15) is 26.7 Å². The molecule has 84 valence electrons. The Hall–Kier alpha value is -0.830. The van der Waals surface area contributed by atoms with Gasteiger partial charge in [-0.15, -0.1) is 0 Å². The van der Waals surface area contributed by atoms with E-state index in [4.69, 9.17) is 11.6 Å². The van der Waals surface area contributed by atoms with Crippen LogP contribution in [-0.2, 0) is 4.79 Å². The smallest absolute Gasteiger partial charge is 0.253 e. The summed E-state index contributed by atoms with van der Waals surface area (Å²) in [5.41, 5.74) is 0.256. The van der Waals surface area contributed by atoms with Crippen LogP contribution in [0.2, 0.25) is 0 Å². The first-order chi connectivity index (χ1) is 7.06. The van der Waals surface area contributed by atoms with Gasteiger partial charge in [0.15, 0.2) is 0 Å². The minimum Gasteiger partial charge on any atom is -0.349 e. The lowest BCUT2D eigenvalue weighted by atomic mass is 10.2. The van der Waals surface area contributed by atoms with Gasteiger partial charge in [0.05, 0.1) is 5.57 Å². The molecule has 15 heavy (non-hydrogen) atoms. The summed E-state index contributed by atoms with van der Waals surface area (Å²) in [7, 11) is 0. The van der Waals surface area contributed by atoms with Gasteiger partial charge in [-0.2, -0.15) is 0 Å². The van der Waals surface area contributed by atoms with E-state index < -0.39 is 0 Å².